The standard InChI is InChI=1S/C39H31ClN2O5/c40-26-14-8-15-27(20-26)42-36(45)32-21-31-29(17-18-30-33(31)37(46)41(35(30)44)22-23-9-3-1-4-10-23)34(24-11-7-16-28(43)19-24)39(32,38(42)47)25-12-5-2-6-13-25/h1-17,19-20,30-34,43H,18,21-22H2/t30-,31+,32-,33-,34-,39+/m0/s1. The number of carbonyl (C=O) groups excluding carboxylic acids is 4. The van der Waals surface area contributed by atoms with Gasteiger partial charge in [-0.05, 0) is 65.8 Å². The quantitative estimate of drug-likeness (QED) is 0.201. The van der Waals surface area contributed by atoms with Gasteiger partial charge in [0.2, 0.25) is 23.6 Å². The van der Waals surface area contributed by atoms with Gasteiger partial charge in [0.05, 0.1) is 35.4 Å². The van der Waals surface area contributed by atoms with Gasteiger partial charge < -0.3 is 5.11 Å². The number of nitrogens with zero attached hydrogens (tertiary/aromatic N) is 2. The number of phenolic OH excluding ortho intramolecular Hbond substituents is 1. The van der Waals surface area contributed by atoms with Gasteiger partial charge in [-0.1, -0.05) is 102 Å². The van der Waals surface area contributed by atoms with Crippen LogP contribution in [0, 0.1) is 23.7 Å². The summed E-state index contributed by atoms with van der Waals surface area (Å²) in [7, 11) is 0. The van der Waals surface area contributed by atoms with Gasteiger partial charge in [0.1, 0.15) is 5.75 Å². The topological polar surface area (TPSA) is 95.0 Å². The molecule has 4 amide bonds. The maximum atomic E-state index is 15.2. The number of carbonyl (C=O) groups is 4. The summed E-state index contributed by atoms with van der Waals surface area (Å²) in [6, 6.07) is 32.3. The number of fused-ring (bicyclic) bond motifs is 4. The van der Waals surface area contributed by atoms with E-state index in [-0.39, 0.29) is 42.3 Å². The van der Waals surface area contributed by atoms with Crippen LogP contribution in [-0.4, -0.2) is 33.6 Å². The second-order valence-corrected chi connectivity index (χ2v) is 13.4. The van der Waals surface area contributed by atoms with Gasteiger partial charge >= 0.3 is 0 Å². The average molecular weight is 643 g/mol. The van der Waals surface area contributed by atoms with E-state index in [4.69, 9.17) is 11.6 Å². The fourth-order valence-electron chi connectivity index (χ4n) is 8.81. The Bertz CT molecular complexity index is 1980. The Hall–Kier alpha value is -5.01. The van der Waals surface area contributed by atoms with Crippen molar-refractivity contribution in [2.45, 2.75) is 30.7 Å². The first-order valence-electron chi connectivity index (χ1n) is 15.9. The van der Waals surface area contributed by atoms with Gasteiger partial charge in [0.25, 0.3) is 0 Å². The smallest absolute Gasteiger partial charge is 0.246 e. The summed E-state index contributed by atoms with van der Waals surface area (Å²) in [5.41, 5.74) is 2.07. The average Bonchev–Trinajstić information content (AvgIpc) is 3.46. The zero-order chi connectivity index (χ0) is 32.4. The van der Waals surface area contributed by atoms with Crippen LogP contribution in [0.4, 0.5) is 5.69 Å². The van der Waals surface area contributed by atoms with Crippen LogP contribution in [0.3, 0.4) is 0 Å². The molecule has 0 radical (unpaired) electrons. The molecule has 2 aliphatic heterocycles. The van der Waals surface area contributed by atoms with Crippen molar-refractivity contribution < 1.29 is 24.3 Å². The van der Waals surface area contributed by atoms with Gasteiger partial charge in [0, 0.05) is 10.9 Å². The Morgan fingerprint density at radius 1 is 0.766 bits per heavy atom. The van der Waals surface area contributed by atoms with Crippen molar-refractivity contribution in [1.82, 2.24) is 4.90 Å². The number of likely N-dealkylation sites (tertiary alicyclic amines) is 1. The van der Waals surface area contributed by atoms with Crippen LogP contribution in [0.1, 0.15) is 35.4 Å². The Kier molecular flexibility index (Phi) is 6.92. The maximum Gasteiger partial charge on any atom is 0.246 e. The van der Waals surface area contributed by atoms with E-state index in [0.29, 0.717) is 28.3 Å². The van der Waals surface area contributed by atoms with Gasteiger partial charge in [-0.3, -0.25) is 24.1 Å². The molecule has 1 N–H and O–H groups in total. The summed E-state index contributed by atoms with van der Waals surface area (Å²) in [5, 5.41) is 11.1. The Morgan fingerprint density at radius 2 is 1.49 bits per heavy atom. The van der Waals surface area contributed by atoms with E-state index in [1.165, 1.54) is 9.80 Å². The minimum Gasteiger partial charge on any atom is -0.508 e. The molecule has 2 heterocycles. The first kappa shape index (κ1) is 29.4. The van der Waals surface area contributed by atoms with Crippen LogP contribution < -0.4 is 4.90 Å². The second-order valence-electron chi connectivity index (χ2n) is 12.9. The minimum atomic E-state index is -1.38. The number of allylic oxidation sites excluding steroid dienone is 2. The Balaban J connectivity index is 1.32. The van der Waals surface area contributed by atoms with E-state index in [0.717, 1.165) is 11.1 Å². The molecule has 1 saturated carbocycles. The van der Waals surface area contributed by atoms with Gasteiger partial charge in [-0.15, -0.1) is 0 Å². The first-order valence-corrected chi connectivity index (χ1v) is 16.3. The second kappa shape index (κ2) is 11.1. The fourth-order valence-corrected chi connectivity index (χ4v) is 8.99. The highest BCUT2D eigenvalue weighted by Gasteiger charge is 2.70. The van der Waals surface area contributed by atoms with Crippen molar-refractivity contribution in [3.8, 4) is 5.75 Å². The number of amides is 4. The molecule has 0 bridgehead atoms. The van der Waals surface area contributed by atoms with Crippen molar-refractivity contribution in [2.75, 3.05) is 4.90 Å². The fraction of sp³-hybridized carbons (Fsp3) is 0.231. The summed E-state index contributed by atoms with van der Waals surface area (Å²) in [6.07, 6.45) is 2.59. The lowest BCUT2D eigenvalue weighted by molar-refractivity contribution is -0.141. The number of rotatable bonds is 5. The predicted octanol–water partition coefficient (Wildman–Crippen LogP) is 6.41. The van der Waals surface area contributed by atoms with Crippen molar-refractivity contribution >= 4 is 40.9 Å². The number of hydrogen-bond donors (Lipinski definition) is 1. The molecule has 2 saturated heterocycles. The third-order valence-electron chi connectivity index (χ3n) is 10.6. The highest BCUT2D eigenvalue weighted by Crippen LogP contribution is 2.64. The molecule has 47 heavy (non-hydrogen) atoms. The van der Waals surface area contributed by atoms with Crippen LogP contribution >= 0.6 is 11.6 Å². The van der Waals surface area contributed by atoms with Gasteiger partial charge in [0.15, 0.2) is 0 Å². The maximum absolute atomic E-state index is 15.2. The van der Waals surface area contributed by atoms with Crippen LogP contribution in [0.15, 0.2) is 121 Å². The van der Waals surface area contributed by atoms with Crippen LogP contribution in [0.2, 0.25) is 5.02 Å². The molecule has 234 valence electrons. The lowest BCUT2D eigenvalue weighted by Crippen LogP contribution is -2.53. The third kappa shape index (κ3) is 4.33. The minimum absolute atomic E-state index is 0.0308. The van der Waals surface area contributed by atoms with E-state index < -0.39 is 35.0 Å². The lowest BCUT2D eigenvalue weighted by Gasteiger charge is -2.50. The van der Waals surface area contributed by atoms with Crippen molar-refractivity contribution in [3.63, 3.8) is 0 Å². The molecule has 0 unspecified atom stereocenters. The molecular formula is C39H31ClN2O5. The molecule has 7 nitrogen and oxygen atoms in total. The summed E-state index contributed by atoms with van der Waals surface area (Å²) < 4.78 is 0. The van der Waals surface area contributed by atoms with Gasteiger partial charge in [-0.2, -0.15) is 0 Å². The zero-order valence-electron chi connectivity index (χ0n) is 25.3. The monoisotopic (exact) mass is 642 g/mol. The molecular weight excluding hydrogens is 612 g/mol. The molecule has 3 fully saturated rings. The van der Waals surface area contributed by atoms with Crippen LogP contribution in [0.5, 0.6) is 5.75 Å². The number of anilines is 1. The van der Waals surface area contributed by atoms with Gasteiger partial charge in [-0.25, -0.2) is 4.90 Å². The third-order valence-corrected chi connectivity index (χ3v) is 10.9. The molecule has 2 aliphatic carbocycles. The van der Waals surface area contributed by atoms with E-state index in [1.807, 2.05) is 72.8 Å². The van der Waals surface area contributed by atoms with E-state index in [2.05, 4.69) is 0 Å². The molecule has 0 aromatic heterocycles. The zero-order valence-corrected chi connectivity index (χ0v) is 26.1. The summed E-state index contributed by atoms with van der Waals surface area (Å²) in [4.78, 5) is 60.6. The molecule has 8 heteroatoms. The molecule has 4 aliphatic rings. The number of hydrogen-bond acceptors (Lipinski definition) is 5. The number of aromatic hydroxyl groups is 1. The summed E-state index contributed by atoms with van der Waals surface area (Å²) >= 11 is 6.37. The number of phenols is 1. The highest BCUT2D eigenvalue weighted by atomic mass is 35.5. The van der Waals surface area contributed by atoms with Crippen molar-refractivity contribution in [3.05, 3.63) is 143 Å². The Morgan fingerprint density at radius 3 is 2.21 bits per heavy atom. The van der Waals surface area contributed by atoms with Crippen LogP contribution in [-0.2, 0) is 31.1 Å². The normalized spacial score (nSPS) is 28.2. The summed E-state index contributed by atoms with van der Waals surface area (Å²) in [6.45, 7) is 0.181. The summed E-state index contributed by atoms with van der Waals surface area (Å²) in [5.74, 6) is -4.38. The number of benzene rings is 4. The molecule has 0 spiro atoms. The highest BCUT2D eigenvalue weighted by molar-refractivity contribution is 6.32. The largest absolute Gasteiger partial charge is 0.508 e. The molecule has 6 atom stereocenters. The first-order chi connectivity index (χ1) is 22.8. The van der Waals surface area contributed by atoms with E-state index in [9.17, 15) is 19.5 Å². The molecule has 8 rings (SSSR count). The van der Waals surface area contributed by atoms with Crippen molar-refractivity contribution in [2.24, 2.45) is 23.7 Å². The number of halogens is 1. The predicted molar refractivity (Wildman–Crippen MR) is 176 cm³/mol. The number of imide groups is 2. The Labute approximate surface area is 277 Å². The SMILES string of the molecule is O=C1[C@H]2[C@H](CC=C3[C@H]2C[C@H]2C(=O)N(c4cccc(Cl)c4)C(=O)[C@@]2(c2ccccc2)[C@H]3c2cccc(O)c2)C(=O)N1Cc1ccccc1. The van der Waals surface area contributed by atoms with E-state index >= 15 is 4.79 Å². The van der Waals surface area contributed by atoms with Crippen molar-refractivity contribution in [1.29, 1.82) is 0 Å². The molecule has 4 aromatic carbocycles. The van der Waals surface area contributed by atoms with E-state index in [1.54, 1.807) is 42.5 Å². The molecule has 4 aromatic rings. The lowest BCUT2D eigenvalue weighted by atomic mass is 9.49. The van der Waals surface area contributed by atoms with Crippen LogP contribution in [0.25, 0.3) is 0 Å².